The van der Waals surface area contributed by atoms with Gasteiger partial charge in [0.05, 0.1) is 31.4 Å². The third-order valence-electron chi connectivity index (χ3n) is 5.76. The van der Waals surface area contributed by atoms with Crippen molar-refractivity contribution in [3.8, 4) is 5.75 Å². The molecule has 2 aliphatic heterocycles. The summed E-state index contributed by atoms with van der Waals surface area (Å²) in [4.78, 5) is 30.2. The number of aryl methyl sites for hydroxylation is 1. The van der Waals surface area contributed by atoms with Crippen LogP contribution in [0.4, 0.5) is 0 Å². The lowest BCUT2D eigenvalue weighted by Crippen LogP contribution is -2.43. The summed E-state index contributed by atoms with van der Waals surface area (Å²) < 4.78 is 16.5. The fourth-order valence-corrected chi connectivity index (χ4v) is 4.17. The Hall–Kier alpha value is -3.10. The highest BCUT2D eigenvalue weighted by Gasteiger charge is 2.44. The number of Topliss-reactive ketones (excluding diaryl/α,β-unsaturated/α-hetero) is 1. The molecule has 0 radical (unpaired) electrons. The Kier molecular flexibility index (Phi) is 6.62. The molecule has 8 heteroatoms. The maximum atomic E-state index is 13.3. The summed E-state index contributed by atoms with van der Waals surface area (Å²) in [5, 5.41) is 10.8. The van der Waals surface area contributed by atoms with Gasteiger partial charge in [-0.3, -0.25) is 14.5 Å². The number of carbonyl (C=O) groups excluding carboxylic acids is 2. The molecule has 2 aromatic rings. The Morgan fingerprint density at radius 3 is 2.66 bits per heavy atom. The van der Waals surface area contributed by atoms with Gasteiger partial charge in [0, 0.05) is 26.2 Å². The van der Waals surface area contributed by atoms with Gasteiger partial charge in [-0.15, -0.1) is 0 Å². The molecule has 1 aromatic heterocycles. The highest BCUT2D eigenvalue weighted by Crippen LogP contribution is 2.40. The number of furan rings is 1. The number of ether oxygens (including phenoxy) is 2. The van der Waals surface area contributed by atoms with Gasteiger partial charge in [0.15, 0.2) is 11.5 Å². The maximum absolute atomic E-state index is 13.3. The first-order chi connectivity index (χ1) is 15.5. The van der Waals surface area contributed by atoms with Crippen molar-refractivity contribution in [1.82, 2.24) is 9.80 Å². The van der Waals surface area contributed by atoms with Crippen molar-refractivity contribution in [2.75, 3.05) is 46.0 Å². The van der Waals surface area contributed by atoms with Crippen molar-refractivity contribution >= 4 is 11.7 Å². The van der Waals surface area contributed by atoms with E-state index in [1.807, 2.05) is 31.2 Å². The van der Waals surface area contributed by atoms with Crippen molar-refractivity contribution in [3.05, 3.63) is 64.8 Å². The molecule has 8 nitrogen and oxygen atoms in total. The van der Waals surface area contributed by atoms with Crippen LogP contribution in [0.2, 0.25) is 0 Å². The van der Waals surface area contributed by atoms with E-state index >= 15 is 0 Å². The molecular weight excluding hydrogens is 412 g/mol. The van der Waals surface area contributed by atoms with E-state index in [0.29, 0.717) is 50.0 Å². The fourth-order valence-electron chi connectivity index (χ4n) is 4.17. The van der Waals surface area contributed by atoms with Gasteiger partial charge < -0.3 is 23.9 Å². The van der Waals surface area contributed by atoms with Crippen LogP contribution in [0.5, 0.6) is 5.75 Å². The Balaban J connectivity index is 1.68. The Morgan fingerprint density at radius 1 is 1.19 bits per heavy atom. The predicted octanol–water partition coefficient (Wildman–Crippen LogP) is 2.90. The van der Waals surface area contributed by atoms with Gasteiger partial charge in [-0.2, -0.15) is 0 Å². The summed E-state index contributed by atoms with van der Waals surface area (Å²) in [7, 11) is 0. The Morgan fingerprint density at radius 2 is 1.97 bits per heavy atom. The van der Waals surface area contributed by atoms with Crippen molar-refractivity contribution < 1.29 is 28.6 Å². The number of hydrogen-bond acceptors (Lipinski definition) is 7. The molecule has 1 atom stereocenters. The minimum Gasteiger partial charge on any atom is -0.503 e. The van der Waals surface area contributed by atoms with Crippen molar-refractivity contribution in [1.29, 1.82) is 0 Å². The number of benzene rings is 1. The first kappa shape index (κ1) is 22.1. The monoisotopic (exact) mass is 440 g/mol. The zero-order valence-electron chi connectivity index (χ0n) is 18.4. The Bertz CT molecular complexity index is 1020. The second kappa shape index (κ2) is 9.58. The van der Waals surface area contributed by atoms with Crippen molar-refractivity contribution in [3.63, 3.8) is 0 Å². The van der Waals surface area contributed by atoms with Crippen LogP contribution >= 0.6 is 0 Å². The SMILES string of the molecule is CCOc1cccc(C2C(C(=O)c3ccc(C)o3)=C(O)C(=O)N2CCN2CCOCC2)c1. The Labute approximate surface area is 187 Å². The smallest absolute Gasteiger partial charge is 0.290 e. The van der Waals surface area contributed by atoms with Crippen LogP contribution in [0.3, 0.4) is 0 Å². The fraction of sp³-hybridized carbons (Fsp3) is 0.417. The van der Waals surface area contributed by atoms with Crippen LogP contribution < -0.4 is 4.74 Å². The number of aliphatic hydroxyl groups excluding tert-OH is 1. The number of rotatable bonds is 8. The van der Waals surface area contributed by atoms with Crippen LogP contribution in [0.25, 0.3) is 0 Å². The molecule has 1 N–H and O–H groups in total. The molecule has 1 unspecified atom stereocenters. The third-order valence-corrected chi connectivity index (χ3v) is 5.76. The van der Waals surface area contributed by atoms with Gasteiger partial charge >= 0.3 is 0 Å². The van der Waals surface area contributed by atoms with E-state index < -0.39 is 23.5 Å². The summed E-state index contributed by atoms with van der Waals surface area (Å²) in [5.41, 5.74) is 0.724. The number of hydrogen-bond donors (Lipinski definition) is 1. The average Bonchev–Trinajstić information content (AvgIpc) is 3.34. The molecular formula is C24H28N2O6. The molecule has 1 saturated heterocycles. The molecule has 0 aliphatic carbocycles. The first-order valence-electron chi connectivity index (χ1n) is 10.9. The van der Waals surface area contributed by atoms with Crippen LogP contribution in [0.15, 0.2) is 52.1 Å². The first-order valence-corrected chi connectivity index (χ1v) is 10.9. The van der Waals surface area contributed by atoms with E-state index in [9.17, 15) is 14.7 Å². The number of carbonyl (C=O) groups is 2. The van der Waals surface area contributed by atoms with E-state index in [1.54, 1.807) is 24.0 Å². The number of nitrogens with zero attached hydrogens (tertiary/aromatic N) is 2. The van der Waals surface area contributed by atoms with Gasteiger partial charge in [-0.1, -0.05) is 12.1 Å². The number of aliphatic hydroxyl groups is 1. The minimum atomic E-state index is -0.734. The molecule has 170 valence electrons. The molecule has 4 rings (SSSR count). The van der Waals surface area contributed by atoms with Crippen LogP contribution in [-0.4, -0.2) is 72.6 Å². The van der Waals surface area contributed by atoms with E-state index in [0.717, 1.165) is 13.1 Å². The normalized spacial score (nSPS) is 19.6. The molecule has 0 spiro atoms. The highest BCUT2D eigenvalue weighted by molar-refractivity contribution is 6.15. The number of ketones is 1. The number of morpholine rings is 1. The predicted molar refractivity (Wildman–Crippen MR) is 117 cm³/mol. The topological polar surface area (TPSA) is 92.5 Å². The van der Waals surface area contributed by atoms with Crippen molar-refractivity contribution in [2.45, 2.75) is 19.9 Å². The van der Waals surface area contributed by atoms with Crippen LogP contribution in [-0.2, 0) is 9.53 Å². The van der Waals surface area contributed by atoms with Gasteiger partial charge in [-0.25, -0.2) is 0 Å². The minimum absolute atomic E-state index is 0.0278. The lowest BCUT2D eigenvalue weighted by Gasteiger charge is -2.31. The molecule has 2 aliphatic rings. The van der Waals surface area contributed by atoms with E-state index in [2.05, 4.69) is 4.90 Å². The molecule has 32 heavy (non-hydrogen) atoms. The summed E-state index contributed by atoms with van der Waals surface area (Å²) in [6.45, 7) is 7.96. The van der Waals surface area contributed by atoms with E-state index in [1.165, 1.54) is 0 Å². The number of amides is 1. The summed E-state index contributed by atoms with van der Waals surface area (Å²) in [5.74, 6) is -0.272. The lowest BCUT2D eigenvalue weighted by atomic mass is 9.95. The summed E-state index contributed by atoms with van der Waals surface area (Å²) in [6.07, 6.45) is 0. The standard InChI is InChI=1S/C24H28N2O6/c1-3-31-18-6-4-5-17(15-18)21-20(22(27)19-8-7-16(2)32-19)23(28)24(29)26(21)10-9-25-11-13-30-14-12-25/h4-8,15,21,28H,3,9-14H2,1-2H3. The average molecular weight is 440 g/mol. The third kappa shape index (κ3) is 4.42. The molecule has 0 saturated carbocycles. The molecule has 1 aromatic carbocycles. The van der Waals surface area contributed by atoms with E-state index in [-0.39, 0.29) is 11.3 Å². The molecule has 1 fully saturated rings. The largest absolute Gasteiger partial charge is 0.503 e. The zero-order valence-corrected chi connectivity index (χ0v) is 18.4. The van der Waals surface area contributed by atoms with Gasteiger partial charge in [-0.05, 0) is 43.7 Å². The summed E-state index contributed by atoms with van der Waals surface area (Å²) >= 11 is 0. The summed E-state index contributed by atoms with van der Waals surface area (Å²) in [6, 6.07) is 9.79. The van der Waals surface area contributed by atoms with Gasteiger partial charge in [0.1, 0.15) is 11.5 Å². The zero-order chi connectivity index (χ0) is 22.7. The van der Waals surface area contributed by atoms with Crippen LogP contribution in [0.1, 0.15) is 34.8 Å². The van der Waals surface area contributed by atoms with Gasteiger partial charge in [0.2, 0.25) is 5.78 Å². The quantitative estimate of drug-likeness (QED) is 0.631. The molecule has 1 amide bonds. The van der Waals surface area contributed by atoms with Crippen molar-refractivity contribution in [2.24, 2.45) is 0 Å². The van der Waals surface area contributed by atoms with Crippen LogP contribution in [0, 0.1) is 6.92 Å². The molecule has 0 bridgehead atoms. The lowest BCUT2D eigenvalue weighted by molar-refractivity contribution is -0.129. The molecule has 3 heterocycles. The second-order valence-corrected chi connectivity index (χ2v) is 7.86. The van der Waals surface area contributed by atoms with E-state index in [4.69, 9.17) is 13.9 Å². The van der Waals surface area contributed by atoms with Gasteiger partial charge in [0.25, 0.3) is 5.91 Å². The highest BCUT2D eigenvalue weighted by atomic mass is 16.5. The second-order valence-electron chi connectivity index (χ2n) is 7.86. The maximum Gasteiger partial charge on any atom is 0.290 e.